The smallest absolute Gasteiger partial charge is 0.315 e. The summed E-state index contributed by atoms with van der Waals surface area (Å²) in [5.41, 5.74) is 2.80. The van der Waals surface area contributed by atoms with E-state index in [9.17, 15) is 4.79 Å². The van der Waals surface area contributed by atoms with Gasteiger partial charge >= 0.3 is 6.03 Å². The van der Waals surface area contributed by atoms with Gasteiger partial charge in [-0.15, -0.1) is 0 Å². The Morgan fingerprint density at radius 2 is 2.19 bits per heavy atom. The third kappa shape index (κ3) is 2.35. The van der Waals surface area contributed by atoms with E-state index in [4.69, 9.17) is 0 Å². The van der Waals surface area contributed by atoms with Crippen LogP contribution in [0.4, 0.5) is 4.79 Å². The Morgan fingerprint density at radius 1 is 1.44 bits per heavy atom. The molecule has 1 atom stereocenters. The normalized spacial score (nSPS) is 17.6. The highest BCUT2D eigenvalue weighted by Gasteiger charge is 2.25. The number of hydrogen-bond donors (Lipinski definition) is 2. The highest BCUT2D eigenvalue weighted by molar-refractivity contribution is 5.74. The number of rotatable bonds is 3. The molecule has 86 valence electrons. The molecule has 1 aromatic carbocycles. The molecule has 2 N–H and O–H groups in total. The zero-order valence-corrected chi connectivity index (χ0v) is 9.79. The van der Waals surface area contributed by atoms with Crippen LogP contribution in [0, 0.1) is 0 Å². The number of amides is 2. The molecule has 2 rings (SSSR count). The summed E-state index contributed by atoms with van der Waals surface area (Å²) in [5.74, 6) is 0.495. The van der Waals surface area contributed by atoms with Gasteiger partial charge in [-0.05, 0) is 31.4 Å². The average molecular weight is 218 g/mol. The molecule has 1 aromatic rings. The van der Waals surface area contributed by atoms with Crippen molar-refractivity contribution < 1.29 is 4.79 Å². The van der Waals surface area contributed by atoms with E-state index in [-0.39, 0.29) is 12.1 Å². The van der Waals surface area contributed by atoms with Gasteiger partial charge in [-0.1, -0.05) is 24.3 Å². The van der Waals surface area contributed by atoms with E-state index in [1.54, 1.807) is 0 Å². The Labute approximate surface area is 96.2 Å². The lowest BCUT2D eigenvalue weighted by Crippen LogP contribution is -2.42. The molecule has 0 aromatic heterocycles. The van der Waals surface area contributed by atoms with Crippen LogP contribution < -0.4 is 10.6 Å². The molecule has 0 radical (unpaired) electrons. The van der Waals surface area contributed by atoms with Gasteiger partial charge in [-0.3, -0.25) is 0 Å². The van der Waals surface area contributed by atoms with Gasteiger partial charge in [-0.2, -0.15) is 0 Å². The van der Waals surface area contributed by atoms with E-state index in [0.29, 0.717) is 5.92 Å². The molecule has 0 saturated carbocycles. The first kappa shape index (κ1) is 11.0. The maximum absolute atomic E-state index is 11.4. The summed E-state index contributed by atoms with van der Waals surface area (Å²) in [6.07, 6.45) is 1.08. The Balaban J connectivity index is 1.80. The highest BCUT2D eigenvalue weighted by atomic mass is 16.2. The third-order valence-corrected chi connectivity index (χ3v) is 2.89. The van der Waals surface area contributed by atoms with E-state index in [2.05, 4.69) is 34.9 Å². The number of benzene rings is 1. The maximum Gasteiger partial charge on any atom is 0.315 e. The van der Waals surface area contributed by atoms with Crippen molar-refractivity contribution >= 4 is 6.03 Å². The molecule has 0 bridgehead atoms. The monoisotopic (exact) mass is 218 g/mol. The topological polar surface area (TPSA) is 41.1 Å². The lowest BCUT2D eigenvalue weighted by atomic mass is 9.78. The molecule has 0 fully saturated rings. The summed E-state index contributed by atoms with van der Waals surface area (Å²) < 4.78 is 0. The Hall–Kier alpha value is -1.51. The second-order valence-electron chi connectivity index (χ2n) is 4.61. The van der Waals surface area contributed by atoms with Crippen molar-refractivity contribution in [1.29, 1.82) is 0 Å². The summed E-state index contributed by atoms with van der Waals surface area (Å²) in [7, 11) is 0. The van der Waals surface area contributed by atoms with E-state index in [1.807, 2.05) is 13.8 Å². The van der Waals surface area contributed by atoms with Gasteiger partial charge in [0.2, 0.25) is 0 Å². The summed E-state index contributed by atoms with van der Waals surface area (Å²) >= 11 is 0. The van der Waals surface area contributed by atoms with Gasteiger partial charge in [0.1, 0.15) is 0 Å². The van der Waals surface area contributed by atoms with Crippen molar-refractivity contribution in [1.82, 2.24) is 10.6 Å². The van der Waals surface area contributed by atoms with Crippen LogP contribution in [-0.4, -0.2) is 18.6 Å². The van der Waals surface area contributed by atoms with Crippen LogP contribution in [0.1, 0.15) is 30.9 Å². The quantitative estimate of drug-likeness (QED) is 0.801. The minimum Gasteiger partial charge on any atom is -0.338 e. The Bertz CT molecular complexity index is 387. The average Bonchev–Trinajstić information content (AvgIpc) is 2.18. The van der Waals surface area contributed by atoms with Crippen LogP contribution in [0.2, 0.25) is 0 Å². The number of carbonyl (C=O) groups is 1. The first-order valence-corrected chi connectivity index (χ1v) is 5.79. The van der Waals surface area contributed by atoms with Crippen LogP contribution in [-0.2, 0) is 6.42 Å². The number of carbonyl (C=O) groups excluding carboxylic acids is 1. The molecule has 0 saturated heterocycles. The van der Waals surface area contributed by atoms with Crippen LogP contribution in [0.15, 0.2) is 24.3 Å². The molecule has 0 spiro atoms. The van der Waals surface area contributed by atoms with E-state index in [1.165, 1.54) is 11.1 Å². The number of hydrogen-bond acceptors (Lipinski definition) is 1. The van der Waals surface area contributed by atoms with E-state index >= 15 is 0 Å². The first-order valence-electron chi connectivity index (χ1n) is 5.79. The van der Waals surface area contributed by atoms with Crippen LogP contribution in [0.25, 0.3) is 0 Å². The number of nitrogens with one attached hydrogen (secondary N) is 2. The van der Waals surface area contributed by atoms with Gasteiger partial charge in [0.25, 0.3) is 0 Å². The van der Waals surface area contributed by atoms with Gasteiger partial charge in [0.05, 0.1) is 0 Å². The molecule has 2 amide bonds. The highest BCUT2D eigenvalue weighted by Crippen LogP contribution is 2.33. The fourth-order valence-corrected chi connectivity index (χ4v) is 2.07. The molecule has 3 nitrogen and oxygen atoms in total. The maximum atomic E-state index is 11.4. The fourth-order valence-electron chi connectivity index (χ4n) is 2.07. The zero-order valence-electron chi connectivity index (χ0n) is 9.79. The molecule has 0 heterocycles. The second kappa shape index (κ2) is 4.56. The van der Waals surface area contributed by atoms with Gasteiger partial charge in [0.15, 0.2) is 0 Å². The van der Waals surface area contributed by atoms with Crippen molar-refractivity contribution in [3.8, 4) is 0 Å². The Kier molecular flexibility index (Phi) is 3.13. The standard InChI is InChI=1S/C13H18N2O/c1-9(2)15-13(16)14-8-11-7-10-5-3-4-6-12(10)11/h3-6,9,11H,7-8H2,1-2H3,(H2,14,15,16). The number of fused-ring (bicyclic) bond motifs is 1. The summed E-state index contributed by atoms with van der Waals surface area (Å²) in [5, 5.41) is 5.73. The van der Waals surface area contributed by atoms with Crippen molar-refractivity contribution in [3.05, 3.63) is 35.4 Å². The predicted molar refractivity (Wildman–Crippen MR) is 64.6 cm³/mol. The predicted octanol–water partition coefficient (Wildman–Crippen LogP) is 2.03. The largest absolute Gasteiger partial charge is 0.338 e. The minimum absolute atomic E-state index is 0.0700. The lowest BCUT2D eigenvalue weighted by molar-refractivity contribution is 0.237. The summed E-state index contributed by atoms with van der Waals surface area (Å²) in [6.45, 7) is 4.64. The van der Waals surface area contributed by atoms with Crippen molar-refractivity contribution in [2.45, 2.75) is 32.2 Å². The van der Waals surface area contributed by atoms with Gasteiger partial charge in [0, 0.05) is 18.5 Å². The fraction of sp³-hybridized carbons (Fsp3) is 0.462. The van der Waals surface area contributed by atoms with Crippen molar-refractivity contribution in [2.24, 2.45) is 0 Å². The third-order valence-electron chi connectivity index (χ3n) is 2.89. The van der Waals surface area contributed by atoms with Crippen molar-refractivity contribution in [3.63, 3.8) is 0 Å². The van der Waals surface area contributed by atoms with Crippen molar-refractivity contribution in [2.75, 3.05) is 6.54 Å². The van der Waals surface area contributed by atoms with E-state index in [0.717, 1.165) is 13.0 Å². The minimum atomic E-state index is -0.0700. The molecule has 16 heavy (non-hydrogen) atoms. The first-order chi connectivity index (χ1) is 7.66. The molecule has 3 heteroatoms. The van der Waals surface area contributed by atoms with Gasteiger partial charge in [-0.25, -0.2) is 4.79 Å². The van der Waals surface area contributed by atoms with Crippen LogP contribution >= 0.6 is 0 Å². The zero-order chi connectivity index (χ0) is 11.5. The number of urea groups is 1. The van der Waals surface area contributed by atoms with Crippen LogP contribution in [0.3, 0.4) is 0 Å². The molecule has 1 unspecified atom stereocenters. The summed E-state index contributed by atoms with van der Waals surface area (Å²) in [4.78, 5) is 11.4. The molecule has 0 aliphatic heterocycles. The molecule has 1 aliphatic carbocycles. The van der Waals surface area contributed by atoms with Crippen LogP contribution in [0.5, 0.6) is 0 Å². The van der Waals surface area contributed by atoms with Gasteiger partial charge < -0.3 is 10.6 Å². The molecular weight excluding hydrogens is 200 g/mol. The molecular formula is C13H18N2O. The SMILES string of the molecule is CC(C)NC(=O)NCC1Cc2ccccc21. The molecule has 1 aliphatic rings. The Morgan fingerprint density at radius 3 is 2.88 bits per heavy atom. The second-order valence-corrected chi connectivity index (χ2v) is 4.61. The summed E-state index contributed by atoms with van der Waals surface area (Å²) in [6, 6.07) is 8.53. The lowest BCUT2D eigenvalue weighted by Gasteiger charge is -2.30. The van der Waals surface area contributed by atoms with E-state index < -0.39 is 0 Å².